The number of alkyl halides is 1. The third kappa shape index (κ3) is 3.53. The molecule has 0 aromatic heterocycles. The molecule has 1 amide bonds. The fraction of sp³-hybridized carbons (Fsp3) is 0.462. The summed E-state index contributed by atoms with van der Waals surface area (Å²) in [5.74, 6) is -0.157. The summed E-state index contributed by atoms with van der Waals surface area (Å²) in [7, 11) is 1.75. The summed E-state index contributed by atoms with van der Waals surface area (Å²) in [6.45, 7) is 4.00. The van der Waals surface area contributed by atoms with Crippen LogP contribution in [-0.2, 0) is 4.79 Å². The van der Waals surface area contributed by atoms with Gasteiger partial charge in [-0.1, -0.05) is 36.2 Å². The molecule has 2 atom stereocenters. The highest BCUT2D eigenvalue weighted by Gasteiger charge is 2.25. The van der Waals surface area contributed by atoms with Gasteiger partial charge in [-0.15, -0.1) is 11.6 Å². The van der Waals surface area contributed by atoms with Gasteiger partial charge in [-0.2, -0.15) is 0 Å². The fourth-order valence-electron chi connectivity index (χ4n) is 1.51. The first-order chi connectivity index (χ1) is 8.38. The zero-order valence-electron chi connectivity index (χ0n) is 10.6. The molecule has 0 aliphatic heterocycles. The molecular formula is C13H16Cl3NO. The molecule has 18 heavy (non-hydrogen) atoms. The monoisotopic (exact) mass is 307 g/mol. The van der Waals surface area contributed by atoms with E-state index in [9.17, 15) is 4.79 Å². The third-order valence-electron chi connectivity index (χ3n) is 3.05. The first-order valence-corrected chi connectivity index (χ1v) is 6.93. The summed E-state index contributed by atoms with van der Waals surface area (Å²) in [6, 6.07) is 5.09. The highest BCUT2D eigenvalue weighted by atomic mass is 35.5. The van der Waals surface area contributed by atoms with Crippen molar-refractivity contribution in [3.63, 3.8) is 0 Å². The van der Waals surface area contributed by atoms with Gasteiger partial charge in [-0.3, -0.25) is 4.79 Å². The lowest BCUT2D eigenvalue weighted by molar-refractivity contribution is -0.131. The molecule has 0 fully saturated rings. The summed E-state index contributed by atoms with van der Waals surface area (Å²) in [5.41, 5.74) is 0.586. The van der Waals surface area contributed by atoms with Crippen LogP contribution in [0.15, 0.2) is 18.2 Å². The fourth-order valence-corrected chi connectivity index (χ4v) is 2.43. The number of carbonyl (C=O) groups is 1. The molecule has 5 heteroatoms. The van der Waals surface area contributed by atoms with Crippen LogP contribution in [0, 0.1) is 0 Å². The lowest BCUT2D eigenvalue weighted by atomic mass is 10.1. The van der Waals surface area contributed by atoms with Crippen molar-refractivity contribution in [2.45, 2.75) is 31.7 Å². The molecule has 2 unspecified atom stereocenters. The Bertz CT molecular complexity index is 436. The maximum atomic E-state index is 12.2. The van der Waals surface area contributed by atoms with Crippen molar-refractivity contribution in [2.75, 3.05) is 7.05 Å². The Morgan fingerprint density at radius 3 is 2.50 bits per heavy atom. The van der Waals surface area contributed by atoms with E-state index < -0.39 is 5.38 Å². The predicted octanol–water partition coefficient (Wildman–Crippen LogP) is 4.53. The molecule has 0 aliphatic carbocycles. The zero-order chi connectivity index (χ0) is 13.9. The molecule has 2 nitrogen and oxygen atoms in total. The van der Waals surface area contributed by atoms with Crippen LogP contribution in [0.3, 0.4) is 0 Å². The maximum Gasteiger partial charge on any atom is 0.245 e. The van der Waals surface area contributed by atoms with Crippen molar-refractivity contribution >= 4 is 40.7 Å². The summed E-state index contributed by atoms with van der Waals surface area (Å²) in [5, 5.41) is 0.150. The number of likely N-dealkylation sites (N-methyl/N-ethyl adjacent to an activating group) is 1. The van der Waals surface area contributed by atoms with Gasteiger partial charge in [0.25, 0.3) is 0 Å². The van der Waals surface area contributed by atoms with E-state index in [0.717, 1.165) is 6.42 Å². The van der Waals surface area contributed by atoms with Crippen molar-refractivity contribution in [3.05, 3.63) is 33.8 Å². The molecule has 0 aliphatic rings. The Morgan fingerprint density at radius 1 is 1.39 bits per heavy atom. The van der Waals surface area contributed by atoms with E-state index >= 15 is 0 Å². The van der Waals surface area contributed by atoms with E-state index in [1.54, 1.807) is 30.1 Å². The Kier molecular flexibility index (Phi) is 5.77. The summed E-state index contributed by atoms with van der Waals surface area (Å²) < 4.78 is 0. The first-order valence-electron chi connectivity index (χ1n) is 5.74. The van der Waals surface area contributed by atoms with E-state index in [4.69, 9.17) is 34.8 Å². The number of hydrogen-bond acceptors (Lipinski definition) is 1. The van der Waals surface area contributed by atoms with Crippen molar-refractivity contribution < 1.29 is 4.79 Å². The molecular weight excluding hydrogens is 293 g/mol. The van der Waals surface area contributed by atoms with Crippen LogP contribution >= 0.6 is 34.8 Å². The van der Waals surface area contributed by atoms with Crippen LogP contribution in [-0.4, -0.2) is 23.9 Å². The molecule has 1 aromatic carbocycles. The molecule has 0 saturated carbocycles. The molecule has 1 aromatic rings. The van der Waals surface area contributed by atoms with Crippen LogP contribution in [0.4, 0.5) is 0 Å². The molecule has 0 heterocycles. The molecule has 0 spiro atoms. The topological polar surface area (TPSA) is 20.3 Å². The van der Waals surface area contributed by atoms with Crippen molar-refractivity contribution in [3.8, 4) is 0 Å². The number of nitrogens with zero attached hydrogens (tertiary/aromatic N) is 1. The number of carbonyl (C=O) groups excluding carboxylic acids is 1. The molecule has 0 saturated heterocycles. The zero-order valence-corrected chi connectivity index (χ0v) is 12.9. The highest BCUT2D eigenvalue weighted by Crippen LogP contribution is 2.31. The van der Waals surface area contributed by atoms with Crippen LogP contribution in [0.25, 0.3) is 0 Å². The predicted molar refractivity (Wildman–Crippen MR) is 77.6 cm³/mol. The van der Waals surface area contributed by atoms with Crippen LogP contribution in [0.2, 0.25) is 10.0 Å². The van der Waals surface area contributed by atoms with Gasteiger partial charge in [-0.05, 0) is 31.0 Å². The van der Waals surface area contributed by atoms with Gasteiger partial charge >= 0.3 is 0 Å². The van der Waals surface area contributed by atoms with E-state index in [1.165, 1.54) is 0 Å². The van der Waals surface area contributed by atoms with E-state index in [1.807, 2.05) is 13.8 Å². The number of hydrogen-bond donors (Lipinski definition) is 0. The second kappa shape index (κ2) is 6.65. The summed E-state index contributed by atoms with van der Waals surface area (Å²) in [6.07, 6.45) is 0.875. The minimum absolute atomic E-state index is 0.143. The highest BCUT2D eigenvalue weighted by molar-refractivity contribution is 6.37. The standard InChI is InChI=1S/C13H16Cl3NO/c1-4-8(2)17(3)13(18)12(16)10-6-5-9(14)7-11(10)15/h5-8,12H,4H2,1-3H3. The lowest BCUT2D eigenvalue weighted by Gasteiger charge is -2.26. The minimum Gasteiger partial charge on any atom is -0.341 e. The molecule has 100 valence electrons. The summed E-state index contributed by atoms with van der Waals surface area (Å²) in [4.78, 5) is 13.8. The van der Waals surface area contributed by atoms with Gasteiger partial charge in [0.1, 0.15) is 5.38 Å². The lowest BCUT2D eigenvalue weighted by Crippen LogP contribution is -2.36. The number of halogens is 3. The van der Waals surface area contributed by atoms with Gasteiger partial charge < -0.3 is 4.90 Å². The van der Waals surface area contributed by atoms with E-state index in [2.05, 4.69) is 0 Å². The molecule has 0 bridgehead atoms. The van der Waals surface area contributed by atoms with Gasteiger partial charge in [0.15, 0.2) is 0 Å². The average Bonchev–Trinajstić information content (AvgIpc) is 2.35. The second-order valence-electron chi connectivity index (χ2n) is 4.23. The summed E-state index contributed by atoms with van der Waals surface area (Å²) >= 11 is 18.1. The largest absolute Gasteiger partial charge is 0.341 e. The van der Waals surface area contributed by atoms with Crippen LogP contribution < -0.4 is 0 Å². The van der Waals surface area contributed by atoms with Crippen molar-refractivity contribution in [1.29, 1.82) is 0 Å². The normalized spacial score (nSPS) is 14.1. The molecule has 0 N–H and O–H groups in total. The number of amides is 1. The second-order valence-corrected chi connectivity index (χ2v) is 5.51. The van der Waals surface area contributed by atoms with E-state index in [0.29, 0.717) is 15.6 Å². The number of rotatable bonds is 4. The smallest absolute Gasteiger partial charge is 0.245 e. The van der Waals surface area contributed by atoms with Gasteiger partial charge in [0.05, 0.1) is 0 Å². The van der Waals surface area contributed by atoms with Crippen molar-refractivity contribution in [2.24, 2.45) is 0 Å². The Hall–Kier alpha value is -0.440. The quantitative estimate of drug-likeness (QED) is 0.748. The minimum atomic E-state index is -0.784. The first kappa shape index (κ1) is 15.6. The maximum absolute atomic E-state index is 12.2. The Balaban J connectivity index is 2.93. The van der Waals surface area contributed by atoms with Gasteiger partial charge in [0.2, 0.25) is 5.91 Å². The Labute approximate surface area is 123 Å². The SMILES string of the molecule is CCC(C)N(C)C(=O)C(Cl)c1ccc(Cl)cc1Cl. The Morgan fingerprint density at radius 2 is 2.00 bits per heavy atom. The van der Waals surface area contributed by atoms with Gasteiger partial charge in [0, 0.05) is 23.1 Å². The average molecular weight is 309 g/mol. The van der Waals surface area contributed by atoms with Crippen molar-refractivity contribution in [1.82, 2.24) is 4.90 Å². The molecule has 1 rings (SSSR count). The third-order valence-corrected chi connectivity index (χ3v) is 4.04. The van der Waals surface area contributed by atoms with Gasteiger partial charge in [-0.25, -0.2) is 0 Å². The molecule has 0 radical (unpaired) electrons. The number of benzene rings is 1. The van der Waals surface area contributed by atoms with Crippen LogP contribution in [0.5, 0.6) is 0 Å². The van der Waals surface area contributed by atoms with E-state index in [-0.39, 0.29) is 11.9 Å². The van der Waals surface area contributed by atoms with Crippen LogP contribution in [0.1, 0.15) is 31.2 Å².